The van der Waals surface area contributed by atoms with Gasteiger partial charge in [-0.05, 0) is 38.2 Å². The fourth-order valence-electron chi connectivity index (χ4n) is 2.55. The zero-order chi connectivity index (χ0) is 13.7. The van der Waals surface area contributed by atoms with E-state index in [0.29, 0.717) is 23.7 Å². The van der Waals surface area contributed by atoms with Crippen molar-refractivity contribution in [3.05, 3.63) is 23.7 Å². The van der Waals surface area contributed by atoms with Gasteiger partial charge in [-0.15, -0.1) is 0 Å². The molecule has 2 N–H and O–H groups in total. The first kappa shape index (κ1) is 14.1. The van der Waals surface area contributed by atoms with Crippen molar-refractivity contribution < 1.29 is 19.1 Å². The van der Waals surface area contributed by atoms with Crippen molar-refractivity contribution in [2.24, 2.45) is 5.92 Å². The first-order valence-corrected chi connectivity index (χ1v) is 6.76. The maximum atomic E-state index is 12.2. The van der Waals surface area contributed by atoms with Gasteiger partial charge in [-0.2, -0.15) is 0 Å². The smallest absolute Gasteiger partial charge is 0.255 e. The second-order valence-corrected chi connectivity index (χ2v) is 4.93. The van der Waals surface area contributed by atoms with Crippen LogP contribution in [0, 0.1) is 12.8 Å². The third-order valence-electron chi connectivity index (χ3n) is 3.70. The molecule has 1 aliphatic heterocycles. The van der Waals surface area contributed by atoms with E-state index < -0.39 is 0 Å². The van der Waals surface area contributed by atoms with Crippen LogP contribution in [0.3, 0.4) is 0 Å². The molecule has 0 aliphatic carbocycles. The number of ether oxygens (including phenoxy) is 1. The lowest BCUT2D eigenvalue weighted by Crippen LogP contribution is -2.43. The zero-order valence-corrected chi connectivity index (χ0v) is 11.2. The van der Waals surface area contributed by atoms with Crippen LogP contribution in [-0.4, -0.2) is 36.9 Å². The molecule has 0 spiro atoms. The van der Waals surface area contributed by atoms with Crippen LogP contribution in [0.1, 0.15) is 35.4 Å². The predicted octanol–water partition coefficient (Wildman–Crippen LogP) is 1.50. The summed E-state index contributed by atoms with van der Waals surface area (Å²) in [5.41, 5.74) is 0.565. The monoisotopic (exact) mass is 267 g/mol. The van der Waals surface area contributed by atoms with E-state index in [9.17, 15) is 4.79 Å². The quantitative estimate of drug-likeness (QED) is 0.848. The molecule has 1 aromatic rings. The van der Waals surface area contributed by atoms with Crippen molar-refractivity contribution >= 4 is 5.91 Å². The number of aliphatic hydroxyl groups is 1. The van der Waals surface area contributed by atoms with Gasteiger partial charge in [0.15, 0.2) is 0 Å². The summed E-state index contributed by atoms with van der Waals surface area (Å²) in [5.74, 6) is 0.862. The number of rotatable bonds is 5. The van der Waals surface area contributed by atoms with Gasteiger partial charge in [0.2, 0.25) is 0 Å². The number of hydrogen-bond donors (Lipinski definition) is 2. The van der Waals surface area contributed by atoms with Crippen molar-refractivity contribution in [3.63, 3.8) is 0 Å². The molecule has 5 heteroatoms. The highest BCUT2D eigenvalue weighted by molar-refractivity contribution is 5.95. The summed E-state index contributed by atoms with van der Waals surface area (Å²) in [6.45, 7) is 3.30. The van der Waals surface area contributed by atoms with Crippen LogP contribution in [0.25, 0.3) is 0 Å². The Morgan fingerprint density at radius 3 is 2.84 bits per heavy atom. The van der Waals surface area contributed by atoms with Gasteiger partial charge in [-0.1, -0.05) is 0 Å². The molecule has 106 valence electrons. The van der Waals surface area contributed by atoms with Crippen LogP contribution in [-0.2, 0) is 4.74 Å². The number of aryl methyl sites for hydroxylation is 1. The maximum absolute atomic E-state index is 12.2. The molecular formula is C14H21NO4. The average Bonchev–Trinajstić information content (AvgIpc) is 2.85. The fourth-order valence-corrected chi connectivity index (χ4v) is 2.55. The van der Waals surface area contributed by atoms with Crippen molar-refractivity contribution in [2.75, 3.05) is 19.8 Å². The lowest BCUT2D eigenvalue weighted by Gasteiger charge is -2.30. The minimum absolute atomic E-state index is 0.00398. The van der Waals surface area contributed by atoms with Crippen LogP contribution in [0.5, 0.6) is 0 Å². The predicted molar refractivity (Wildman–Crippen MR) is 69.9 cm³/mol. The van der Waals surface area contributed by atoms with E-state index in [1.165, 1.54) is 6.26 Å². The lowest BCUT2D eigenvalue weighted by molar-refractivity contribution is 0.0478. The van der Waals surface area contributed by atoms with E-state index in [2.05, 4.69) is 5.32 Å². The van der Waals surface area contributed by atoms with Crippen molar-refractivity contribution in [3.8, 4) is 0 Å². The minimum atomic E-state index is -0.129. The summed E-state index contributed by atoms with van der Waals surface area (Å²) in [7, 11) is 0. The Morgan fingerprint density at radius 2 is 2.26 bits per heavy atom. The van der Waals surface area contributed by atoms with Gasteiger partial charge in [0.25, 0.3) is 5.91 Å². The molecule has 1 aliphatic rings. The zero-order valence-electron chi connectivity index (χ0n) is 11.2. The topological polar surface area (TPSA) is 71.7 Å². The van der Waals surface area contributed by atoms with Crippen molar-refractivity contribution in [1.82, 2.24) is 5.32 Å². The lowest BCUT2D eigenvalue weighted by atomic mass is 9.89. The Morgan fingerprint density at radius 1 is 1.53 bits per heavy atom. The molecule has 1 atom stereocenters. The third-order valence-corrected chi connectivity index (χ3v) is 3.70. The molecule has 2 rings (SSSR count). The van der Waals surface area contributed by atoms with Gasteiger partial charge in [0, 0.05) is 25.9 Å². The Labute approximate surface area is 112 Å². The molecule has 0 unspecified atom stereocenters. The van der Waals surface area contributed by atoms with Crippen LogP contribution in [0.2, 0.25) is 0 Å². The highest BCUT2D eigenvalue weighted by Crippen LogP contribution is 2.21. The Balaban J connectivity index is 1.99. The highest BCUT2D eigenvalue weighted by atomic mass is 16.5. The van der Waals surface area contributed by atoms with Gasteiger partial charge in [-0.25, -0.2) is 0 Å². The average molecular weight is 267 g/mol. The van der Waals surface area contributed by atoms with Gasteiger partial charge in [-0.3, -0.25) is 4.79 Å². The van der Waals surface area contributed by atoms with E-state index in [1.807, 2.05) is 0 Å². The van der Waals surface area contributed by atoms with Crippen molar-refractivity contribution in [2.45, 2.75) is 32.2 Å². The molecule has 2 heterocycles. The highest BCUT2D eigenvalue weighted by Gasteiger charge is 2.26. The first-order valence-electron chi connectivity index (χ1n) is 6.76. The van der Waals surface area contributed by atoms with E-state index >= 15 is 0 Å². The Hall–Kier alpha value is -1.33. The molecule has 0 aromatic carbocycles. The Kier molecular flexibility index (Phi) is 4.99. The number of carbonyl (C=O) groups excluding carboxylic acids is 1. The molecular weight excluding hydrogens is 246 g/mol. The summed E-state index contributed by atoms with van der Waals surface area (Å²) >= 11 is 0. The number of hydrogen-bond acceptors (Lipinski definition) is 4. The second kappa shape index (κ2) is 6.73. The van der Waals surface area contributed by atoms with Crippen LogP contribution in [0.4, 0.5) is 0 Å². The molecule has 1 fully saturated rings. The minimum Gasteiger partial charge on any atom is -0.469 e. The first-order chi connectivity index (χ1) is 9.22. The SMILES string of the molecule is Cc1occc1C(=O)N[C@@H](CCO)C1CCOCC1. The summed E-state index contributed by atoms with van der Waals surface area (Å²) in [6, 6.07) is 1.67. The molecule has 1 amide bonds. The van der Waals surface area contributed by atoms with Gasteiger partial charge in [0.05, 0.1) is 11.8 Å². The summed E-state index contributed by atoms with van der Waals surface area (Å²) < 4.78 is 10.5. The van der Waals surface area contributed by atoms with E-state index in [-0.39, 0.29) is 18.6 Å². The number of furan rings is 1. The van der Waals surface area contributed by atoms with E-state index in [0.717, 1.165) is 26.1 Å². The van der Waals surface area contributed by atoms with Crippen molar-refractivity contribution in [1.29, 1.82) is 0 Å². The Bertz CT molecular complexity index is 409. The molecule has 1 saturated heterocycles. The maximum Gasteiger partial charge on any atom is 0.255 e. The third kappa shape index (κ3) is 3.58. The summed E-state index contributed by atoms with van der Waals surface area (Å²) in [6.07, 6.45) is 3.94. The number of nitrogens with one attached hydrogen (secondary N) is 1. The largest absolute Gasteiger partial charge is 0.469 e. The van der Waals surface area contributed by atoms with Crippen LogP contribution in [0.15, 0.2) is 16.7 Å². The van der Waals surface area contributed by atoms with Gasteiger partial charge < -0.3 is 19.6 Å². The van der Waals surface area contributed by atoms with E-state index in [1.54, 1.807) is 13.0 Å². The summed E-state index contributed by atoms with van der Waals surface area (Å²) in [4.78, 5) is 12.2. The molecule has 0 saturated carbocycles. The van der Waals surface area contributed by atoms with Gasteiger partial charge >= 0.3 is 0 Å². The molecule has 0 radical (unpaired) electrons. The fraction of sp³-hybridized carbons (Fsp3) is 0.643. The van der Waals surface area contributed by atoms with Crippen LogP contribution < -0.4 is 5.32 Å². The van der Waals surface area contributed by atoms with Gasteiger partial charge in [0.1, 0.15) is 5.76 Å². The van der Waals surface area contributed by atoms with Crippen LogP contribution >= 0.6 is 0 Å². The van der Waals surface area contributed by atoms with E-state index in [4.69, 9.17) is 14.3 Å². The number of amides is 1. The molecule has 19 heavy (non-hydrogen) atoms. The number of carbonyl (C=O) groups is 1. The number of aliphatic hydroxyl groups excluding tert-OH is 1. The second-order valence-electron chi connectivity index (χ2n) is 4.93. The molecule has 0 bridgehead atoms. The normalized spacial score (nSPS) is 18.2. The molecule has 5 nitrogen and oxygen atoms in total. The molecule has 1 aromatic heterocycles. The standard InChI is InChI=1S/C14H21NO4/c1-10-12(5-9-19-10)14(17)15-13(2-6-16)11-3-7-18-8-4-11/h5,9,11,13,16H,2-4,6-8H2,1H3,(H,15,17)/t13-/m0/s1. The summed E-state index contributed by atoms with van der Waals surface area (Å²) in [5, 5.41) is 12.2.